The molecule has 1 aliphatic heterocycles. The van der Waals surface area contributed by atoms with Gasteiger partial charge in [0.1, 0.15) is 20.7 Å². The molecule has 192 valence electrons. The number of hydrogen-bond acceptors (Lipinski definition) is 7. The van der Waals surface area contributed by atoms with Crippen molar-refractivity contribution in [3.05, 3.63) is 100 Å². The minimum absolute atomic E-state index is 0.146. The summed E-state index contributed by atoms with van der Waals surface area (Å²) in [5.41, 5.74) is 4.81. The third-order valence-corrected chi connectivity index (χ3v) is 8.19. The smallest absolute Gasteiger partial charge is 0.277 e. The second-order valence-electron chi connectivity index (χ2n) is 9.24. The number of nitrogens with zero attached hydrogens (tertiary/aromatic N) is 5. The molecule has 0 spiro atoms. The zero-order chi connectivity index (χ0) is 26.3. The van der Waals surface area contributed by atoms with Crippen molar-refractivity contribution in [2.75, 3.05) is 31.2 Å². The Labute approximate surface area is 232 Å². The number of anilines is 1. The molecule has 0 unspecified atom stereocenters. The van der Waals surface area contributed by atoms with Crippen LogP contribution in [0.2, 0.25) is 5.02 Å². The largest absolute Gasteiger partial charge is 0.378 e. The van der Waals surface area contributed by atoms with Gasteiger partial charge in [-0.15, -0.1) is 21.5 Å². The van der Waals surface area contributed by atoms with Crippen LogP contribution in [-0.2, 0) is 4.74 Å². The number of morpholine rings is 1. The van der Waals surface area contributed by atoms with Crippen LogP contribution < -0.4 is 10.5 Å². The molecule has 4 heterocycles. The van der Waals surface area contributed by atoms with Gasteiger partial charge in [-0.3, -0.25) is 4.79 Å². The first-order chi connectivity index (χ1) is 19.2. The Morgan fingerprint density at radius 3 is 2.18 bits per heavy atom. The summed E-state index contributed by atoms with van der Waals surface area (Å²) in [4.78, 5) is 22.2. The van der Waals surface area contributed by atoms with E-state index in [4.69, 9.17) is 21.3 Å². The van der Waals surface area contributed by atoms with Crippen LogP contribution in [0.4, 0.5) is 5.95 Å². The van der Waals surface area contributed by atoms with Gasteiger partial charge in [-0.25, -0.2) is 9.55 Å². The van der Waals surface area contributed by atoms with E-state index in [1.54, 1.807) is 16.7 Å². The van der Waals surface area contributed by atoms with Gasteiger partial charge >= 0.3 is 0 Å². The van der Waals surface area contributed by atoms with Gasteiger partial charge < -0.3 is 9.64 Å². The maximum absolute atomic E-state index is 14.2. The maximum atomic E-state index is 14.2. The molecule has 0 amide bonds. The van der Waals surface area contributed by atoms with E-state index in [0.29, 0.717) is 58.0 Å². The Hall–Kier alpha value is -4.11. The zero-order valence-electron chi connectivity index (χ0n) is 20.8. The Kier molecular flexibility index (Phi) is 6.08. The fraction of sp³-hybridized carbons (Fsp3) is 0.133. The first-order valence-electron chi connectivity index (χ1n) is 12.6. The van der Waals surface area contributed by atoms with E-state index in [2.05, 4.69) is 27.2 Å². The predicted octanol–water partition coefficient (Wildman–Crippen LogP) is 6.21. The predicted molar refractivity (Wildman–Crippen MR) is 157 cm³/mol. The molecular formula is C30H22ClN5O2S. The summed E-state index contributed by atoms with van der Waals surface area (Å²) in [6.07, 6.45) is 0. The van der Waals surface area contributed by atoms with E-state index in [1.165, 1.54) is 11.3 Å². The van der Waals surface area contributed by atoms with Crippen LogP contribution in [-0.4, -0.2) is 46.1 Å². The van der Waals surface area contributed by atoms with Crippen LogP contribution >= 0.6 is 22.9 Å². The lowest BCUT2D eigenvalue weighted by Gasteiger charge is -2.29. The average molecular weight is 552 g/mol. The number of halogens is 1. The summed E-state index contributed by atoms with van der Waals surface area (Å²) in [6.45, 7) is 2.40. The molecule has 7 rings (SSSR count). The molecule has 0 atom stereocenters. The molecule has 1 saturated heterocycles. The van der Waals surface area contributed by atoms with E-state index in [9.17, 15) is 4.79 Å². The van der Waals surface area contributed by atoms with Gasteiger partial charge in [0.2, 0.25) is 5.95 Å². The van der Waals surface area contributed by atoms with E-state index < -0.39 is 0 Å². The van der Waals surface area contributed by atoms with Crippen LogP contribution in [0.25, 0.3) is 48.5 Å². The summed E-state index contributed by atoms with van der Waals surface area (Å²) < 4.78 is 7.82. The molecule has 7 nitrogen and oxygen atoms in total. The Morgan fingerprint density at radius 2 is 1.49 bits per heavy atom. The van der Waals surface area contributed by atoms with Crippen LogP contribution in [0, 0.1) is 0 Å². The van der Waals surface area contributed by atoms with Crippen LogP contribution in [0.5, 0.6) is 0 Å². The number of hydrogen-bond donors (Lipinski definition) is 0. The normalized spacial score (nSPS) is 13.8. The lowest BCUT2D eigenvalue weighted by molar-refractivity contribution is 0.122. The maximum Gasteiger partial charge on any atom is 0.277 e. The second-order valence-corrected chi connectivity index (χ2v) is 10.7. The lowest BCUT2D eigenvalue weighted by Crippen LogP contribution is -2.40. The Morgan fingerprint density at radius 1 is 0.821 bits per heavy atom. The molecule has 6 aromatic rings. The van der Waals surface area contributed by atoms with Crippen molar-refractivity contribution in [3.63, 3.8) is 0 Å². The van der Waals surface area contributed by atoms with Gasteiger partial charge in [0, 0.05) is 34.6 Å². The summed E-state index contributed by atoms with van der Waals surface area (Å²) in [5.74, 6) is 0.579. The third-order valence-electron chi connectivity index (χ3n) is 6.89. The monoisotopic (exact) mass is 551 g/mol. The van der Waals surface area contributed by atoms with Gasteiger partial charge in [0.25, 0.3) is 5.56 Å². The van der Waals surface area contributed by atoms with Crippen molar-refractivity contribution in [3.8, 4) is 28.1 Å². The fourth-order valence-corrected chi connectivity index (χ4v) is 6.17. The van der Waals surface area contributed by atoms with Crippen LogP contribution in [0.15, 0.2) is 89.7 Å². The number of thiophene rings is 1. The van der Waals surface area contributed by atoms with Crippen molar-refractivity contribution in [2.45, 2.75) is 0 Å². The van der Waals surface area contributed by atoms with Crippen LogP contribution in [0.1, 0.15) is 0 Å². The molecule has 0 radical (unpaired) electrons. The van der Waals surface area contributed by atoms with E-state index >= 15 is 0 Å². The molecule has 3 aromatic heterocycles. The first kappa shape index (κ1) is 24.0. The van der Waals surface area contributed by atoms with Gasteiger partial charge in [-0.1, -0.05) is 72.3 Å². The van der Waals surface area contributed by atoms with E-state index in [0.717, 1.165) is 27.8 Å². The third kappa shape index (κ3) is 4.17. The minimum Gasteiger partial charge on any atom is -0.378 e. The first-order valence-corrected chi connectivity index (χ1v) is 13.8. The highest BCUT2D eigenvalue weighted by molar-refractivity contribution is 7.25. The number of rotatable bonds is 4. The van der Waals surface area contributed by atoms with E-state index in [-0.39, 0.29) is 5.56 Å². The highest BCUT2D eigenvalue weighted by atomic mass is 35.5. The van der Waals surface area contributed by atoms with Crippen molar-refractivity contribution < 1.29 is 4.74 Å². The summed E-state index contributed by atoms with van der Waals surface area (Å²) in [6, 6.07) is 27.4. The topological polar surface area (TPSA) is 73.1 Å². The van der Waals surface area contributed by atoms with Gasteiger partial charge in [-0.05, 0) is 29.8 Å². The van der Waals surface area contributed by atoms with E-state index in [1.807, 2.05) is 60.7 Å². The highest BCUT2D eigenvalue weighted by Gasteiger charge is 2.26. The average Bonchev–Trinajstić information content (AvgIpc) is 3.38. The van der Waals surface area contributed by atoms with Gasteiger partial charge in [0.15, 0.2) is 0 Å². The van der Waals surface area contributed by atoms with Gasteiger partial charge in [-0.2, -0.15) is 0 Å². The van der Waals surface area contributed by atoms with Crippen LogP contribution in [0.3, 0.4) is 0 Å². The number of aromatic nitrogens is 4. The lowest BCUT2D eigenvalue weighted by atomic mass is 9.97. The zero-order valence-corrected chi connectivity index (χ0v) is 22.3. The molecule has 1 fully saturated rings. The molecule has 0 saturated carbocycles. The van der Waals surface area contributed by atoms with Crippen molar-refractivity contribution >= 4 is 49.3 Å². The van der Waals surface area contributed by atoms with Crippen molar-refractivity contribution in [2.24, 2.45) is 0 Å². The minimum atomic E-state index is -0.146. The number of ether oxygens (including phenoxy) is 1. The molecule has 0 N–H and O–H groups in total. The quantitative estimate of drug-likeness (QED) is 0.259. The summed E-state index contributed by atoms with van der Waals surface area (Å²) >= 11 is 7.50. The fourth-order valence-electron chi connectivity index (χ4n) is 5.05. The molecular weight excluding hydrogens is 530 g/mol. The van der Waals surface area contributed by atoms with Crippen molar-refractivity contribution in [1.82, 2.24) is 19.7 Å². The standard InChI is InChI=1S/C30H22ClN5O2S/c31-21-11-13-22(14-12-21)36-29(37)27-26(32-30(36)35-15-17-38-18-16-35)24-23(19-7-3-1-4-8-19)25(33-34-28(24)39-27)20-9-5-2-6-10-20/h1-14H,15-18H2. The summed E-state index contributed by atoms with van der Waals surface area (Å²) in [7, 11) is 0. The molecule has 3 aromatic carbocycles. The SMILES string of the molecule is O=c1c2sc3nnc(-c4ccccc4)c(-c4ccccc4)c3c2nc(N2CCOCC2)n1-c1ccc(Cl)cc1. The molecule has 39 heavy (non-hydrogen) atoms. The molecule has 1 aliphatic rings. The summed E-state index contributed by atoms with van der Waals surface area (Å²) in [5, 5.41) is 10.7. The second kappa shape index (κ2) is 9.89. The van der Waals surface area contributed by atoms with Crippen molar-refractivity contribution in [1.29, 1.82) is 0 Å². The Balaban J connectivity index is 1.59. The Bertz CT molecular complexity index is 1870. The molecule has 0 bridgehead atoms. The molecule has 9 heteroatoms. The number of benzene rings is 3. The highest BCUT2D eigenvalue weighted by Crippen LogP contribution is 2.42. The molecule has 0 aliphatic carbocycles. The van der Waals surface area contributed by atoms with Gasteiger partial charge in [0.05, 0.1) is 18.9 Å². The number of fused-ring (bicyclic) bond motifs is 3.